The predicted molar refractivity (Wildman–Crippen MR) is 164 cm³/mol. The molecule has 0 aliphatic heterocycles. The molecular formula is C24H45FeO6S6. The van der Waals surface area contributed by atoms with Gasteiger partial charge in [-0.25, -0.2) is 0 Å². The van der Waals surface area contributed by atoms with E-state index in [1.807, 2.05) is 0 Å². The fourth-order valence-electron chi connectivity index (χ4n) is 2.83. The molecule has 0 aliphatic rings. The maximum absolute atomic E-state index is 10.0. The molecule has 1 radical (unpaired) electrons. The molecule has 0 aromatic rings. The summed E-state index contributed by atoms with van der Waals surface area (Å²) in [5.41, 5.74) is 0. The summed E-state index contributed by atoms with van der Waals surface area (Å²) in [5.74, 6) is -0.349. The van der Waals surface area contributed by atoms with Crippen molar-refractivity contribution in [1.29, 1.82) is 0 Å². The van der Waals surface area contributed by atoms with Crippen LogP contribution in [0.2, 0.25) is 0 Å². The van der Waals surface area contributed by atoms with Crippen LogP contribution in [0.25, 0.3) is 0 Å². The molecule has 13 heteroatoms. The second-order valence-electron chi connectivity index (χ2n) is 8.35. The molecule has 0 aromatic carbocycles. The van der Waals surface area contributed by atoms with Gasteiger partial charge in [0.05, 0.1) is 0 Å². The van der Waals surface area contributed by atoms with E-state index in [2.05, 4.69) is 75.8 Å². The number of carboxylic acid groups (broad SMARTS) is 3. The summed E-state index contributed by atoms with van der Waals surface area (Å²) in [6, 6.07) is 0. The van der Waals surface area contributed by atoms with Crippen molar-refractivity contribution < 1.29 is 46.8 Å². The quantitative estimate of drug-likeness (QED) is 0.0632. The maximum Gasteiger partial charge on any atom is 3.00 e. The van der Waals surface area contributed by atoms with Gasteiger partial charge >= 0.3 is 17.1 Å². The zero-order chi connectivity index (χ0) is 28.2. The van der Waals surface area contributed by atoms with Gasteiger partial charge in [-0.05, 0) is 94.3 Å². The van der Waals surface area contributed by atoms with E-state index in [-0.39, 0.29) is 36.3 Å². The van der Waals surface area contributed by atoms with Crippen LogP contribution in [0.4, 0.5) is 0 Å². The van der Waals surface area contributed by atoms with E-state index in [9.17, 15) is 29.7 Å². The van der Waals surface area contributed by atoms with Crippen LogP contribution in [0.1, 0.15) is 96.3 Å². The van der Waals surface area contributed by atoms with Gasteiger partial charge < -0.3 is 29.7 Å². The molecule has 3 unspecified atom stereocenters. The molecule has 0 aromatic heterocycles. The number of rotatable bonds is 21. The van der Waals surface area contributed by atoms with Gasteiger partial charge in [-0.3, -0.25) is 0 Å². The first-order valence-electron chi connectivity index (χ1n) is 12.5. The van der Waals surface area contributed by atoms with Crippen molar-refractivity contribution in [2.24, 2.45) is 0 Å². The Kier molecular flexibility index (Phi) is 42.7. The minimum absolute atomic E-state index is 0. The molecule has 0 heterocycles. The van der Waals surface area contributed by atoms with Gasteiger partial charge in [0.25, 0.3) is 0 Å². The van der Waals surface area contributed by atoms with Gasteiger partial charge in [0.15, 0.2) is 0 Å². The molecule has 0 saturated carbocycles. The molecule has 0 amide bonds. The van der Waals surface area contributed by atoms with Crippen LogP contribution in [0, 0.1) is 0 Å². The fourth-order valence-corrected chi connectivity index (χ4v) is 5.31. The van der Waals surface area contributed by atoms with Crippen LogP contribution in [0.5, 0.6) is 0 Å². The first-order chi connectivity index (χ1) is 17.0. The Morgan fingerprint density at radius 1 is 0.459 bits per heavy atom. The minimum Gasteiger partial charge on any atom is -0.550 e. The van der Waals surface area contributed by atoms with Crippen molar-refractivity contribution in [1.82, 2.24) is 0 Å². The van der Waals surface area contributed by atoms with Crippen molar-refractivity contribution in [2.45, 2.75) is 112 Å². The number of aliphatic carboxylic acids is 3. The topological polar surface area (TPSA) is 120 Å². The Morgan fingerprint density at radius 3 is 0.838 bits per heavy atom. The molecule has 0 saturated heterocycles. The van der Waals surface area contributed by atoms with Gasteiger partial charge in [0.2, 0.25) is 0 Å². The molecular weight excluding hydrogens is 633 g/mol. The van der Waals surface area contributed by atoms with E-state index in [4.69, 9.17) is 0 Å². The van der Waals surface area contributed by atoms with Crippen molar-refractivity contribution in [3.8, 4) is 0 Å². The summed E-state index contributed by atoms with van der Waals surface area (Å²) in [6.07, 6.45) is 11.2. The number of carboxylic acids is 3. The summed E-state index contributed by atoms with van der Waals surface area (Å²) in [7, 11) is 0. The first kappa shape index (κ1) is 45.0. The average Bonchev–Trinajstić information content (AvgIpc) is 2.78. The van der Waals surface area contributed by atoms with Gasteiger partial charge in [-0.1, -0.05) is 19.3 Å². The Hall–Kier alpha value is 1.03. The van der Waals surface area contributed by atoms with Crippen molar-refractivity contribution >= 4 is 93.7 Å². The maximum atomic E-state index is 10.0. The summed E-state index contributed by atoms with van der Waals surface area (Å²) >= 11 is 25.2. The van der Waals surface area contributed by atoms with Crippen LogP contribution in [0.15, 0.2) is 0 Å². The molecule has 37 heavy (non-hydrogen) atoms. The third-order valence-corrected chi connectivity index (χ3v) is 7.22. The smallest absolute Gasteiger partial charge is 0.550 e. The van der Waals surface area contributed by atoms with Crippen molar-refractivity contribution in [3.63, 3.8) is 0 Å². The van der Waals surface area contributed by atoms with E-state index < -0.39 is 17.9 Å². The van der Waals surface area contributed by atoms with Crippen LogP contribution >= 0.6 is 75.8 Å². The Labute approximate surface area is 268 Å². The monoisotopic (exact) mass is 677 g/mol. The van der Waals surface area contributed by atoms with Crippen LogP contribution in [-0.2, 0) is 31.5 Å². The van der Waals surface area contributed by atoms with E-state index >= 15 is 0 Å². The minimum atomic E-state index is -0.958. The molecule has 0 aliphatic carbocycles. The third kappa shape index (κ3) is 47.2. The average molecular weight is 678 g/mol. The standard InChI is InChI=1S/3C8H16O2S2.Fe/c3*9-8(10)4-2-1-3-7(12)5-6-11;/h3*7,11-12H,1-6H2,(H,9,10);/q;;;+3/p-3. The molecule has 0 fully saturated rings. The SMILES string of the molecule is O=C([O-])CCCCC(S)CCS.O=C([O-])CCCCC(S)CCS.O=C([O-])CCCCC(S)CCS.[Fe+3]. The van der Waals surface area contributed by atoms with Gasteiger partial charge in [-0.15, -0.1) is 0 Å². The van der Waals surface area contributed by atoms with E-state index in [0.29, 0.717) is 35.0 Å². The number of thiol groups is 6. The molecule has 221 valence electrons. The first-order valence-corrected chi connectivity index (χ1v) is 15.9. The van der Waals surface area contributed by atoms with Crippen molar-refractivity contribution in [2.75, 3.05) is 17.3 Å². The zero-order valence-electron chi connectivity index (χ0n) is 21.4. The Bertz CT molecular complexity index is 463. The normalized spacial score (nSPS) is 12.5. The molecule has 6 nitrogen and oxygen atoms in total. The van der Waals surface area contributed by atoms with Gasteiger partial charge in [-0.2, -0.15) is 75.8 Å². The van der Waals surface area contributed by atoms with E-state index in [0.717, 1.165) is 75.0 Å². The number of carbonyl (C=O) groups is 3. The number of unbranched alkanes of at least 4 members (excludes halogenated alkanes) is 3. The molecule has 0 spiro atoms. The molecule has 0 bridgehead atoms. The predicted octanol–water partition coefficient (Wildman–Crippen LogP) is 2.74. The van der Waals surface area contributed by atoms with E-state index in [1.165, 1.54) is 0 Å². The summed E-state index contributed by atoms with van der Waals surface area (Å²) in [6.45, 7) is 0. The number of carbonyl (C=O) groups excluding carboxylic acids is 3. The fraction of sp³-hybridized carbons (Fsp3) is 0.875. The second kappa shape index (κ2) is 35.1. The Balaban J connectivity index is -0.000000218. The second-order valence-corrected chi connectivity index (χ2v) is 11.9. The summed E-state index contributed by atoms with van der Waals surface area (Å²) in [5, 5.41) is 31.2. The van der Waals surface area contributed by atoms with Crippen LogP contribution in [-0.4, -0.2) is 50.9 Å². The van der Waals surface area contributed by atoms with Crippen LogP contribution < -0.4 is 15.3 Å². The number of hydrogen-bond acceptors (Lipinski definition) is 12. The zero-order valence-corrected chi connectivity index (χ0v) is 27.9. The summed E-state index contributed by atoms with van der Waals surface area (Å²) in [4.78, 5) is 30.1. The Morgan fingerprint density at radius 2 is 0.676 bits per heavy atom. The molecule has 0 N–H and O–H groups in total. The van der Waals surface area contributed by atoms with Crippen molar-refractivity contribution in [3.05, 3.63) is 0 Å². The largest absolute Gasteiger partial charge is 3.00 e. The van der Waals surface area contributed by atoms with E-state index in [1.54, 1.807) is 0 Å². The van der Waals surface area contributed by atoms with Gasteiger partial charge in [0.1, 0.15) is 0 Å². The summed E-state index contributed by atoms with van der Waals surface area (Å²) < 4.78 is 0. The van der Waals surface area contributed by atoms with Crippen LogP contribution in [0.3, 0.4) is 0 Å². The molecule has 0 rings (SSSR count). The number of hydrogen-bond donors (Lipinski definition) is 6. The molecule has 3 atom stereocenters. The third-order valence-electron chi connectivity index (χ3n) is 4.89. The van der Waals surface area contributed by atoms with Gasteiger partial charge in [0, 0.05) is 33.7 Å².